The normalized spacial score (nSPS) is 8.57. The number of phenolic OH excluding ortho intramolecular Hbond substituents is 2. The lowest BCUT2D eigenvalue weighted by Gasteiger charge is -1.88. The van der Waals surface area contributed by atoms with E-state index in [0.717, 1.165) is 0 Å². The van der Waals surface area contributed by atoms with Crippen molar-refractivity contribution in [1.82, 2.24) is 9.97 Å². The van der Waals surface area contributed by atoms with Crippen LogP contribution < -0.4 is 0 Å². The molecule has 4 nitrogen and oxygen atoms in total. The fourth-order valence-corrected chi connectivity index (χ4v) is 0.706. The Labute approximate surface area is 81.5 Å². The summed E-state index contributed by atoms with van der Waals surface area (Å²) >= 11 is 0. The Morgan fingerprint density at radius 1 is 0.643 bits per heavy atom. The molecule has 0 fully saturated rings. The van der Waals surface area contributed by atoms with Crippen molar-refractivity contribution in [3.8, 4) is 11.5 Å². The first kappa shape index (κ1) is 9.98. The SMILES string of the molecule is Oc1ccc(O)cc1.c1cnccn1. The Morgan fingerprint density at radius 3 is 1.14 bits per heavy atom. The summed E-state index contributed by atoms with van der Waals surface area (Å²) < 4.78 is 0. The molecular weight excluding hydrogens is 180 g/mol. The first-order valence-electron chi connectivity index (χ1n) is 3.97. The third-order valence-corrected chi connectivity index (χ3v) is 1.33. The molecule has 14 heavy (non-hydrogen) atoms. The van der Waals surface area contributed by atoms with Gasteiger partial charge in [-0.1, -0.05) is 0 Å². The number of aromatic hydroxyl groups is 2. The minimum atomic E-state index is 0.169. The van der Waals surface area contributed by atoms with Gasteiger partial charge < -0.3 is 10.2 Å². The smallest absolute Gasteiger partial charge is 0.115 e. The monoisotopic (exact) mass is 190 g/mol. The van der Waals surface area contributed by atoms with Crippen LogP contribution >= 0.6 is 0 Å². The van der Waals surface area contributed by atoms with E-state index in [1.807, 2.05) is 0 Å². The van der Waals surface area contributed by atoms with Gasteiger partial charge in [0.15, 0.2) is 0 Å². The standard InChI is InChI=1S/C6H6O2.C4H4N2/c7-5-1-2-6(8)4-3-5;1-2-6-4-3-5-1/h1-4,7-8H;1-4H. The number of phenols is 2. The Kier molecular flexibility index (Phi) is 3.94. The number of hydrogen-bond donors (Lipinski definition) is 2. The van der Waals surface area contributed by atoms with Crippen molar-refractivity contribution >= 4 is 0 Å². The zero-order valence-corrected chi connectivity index (χ0v) is 7.41. The molecule has 0 saturated heterocycles. The number of aromatic nitrogens is 2. The summed E-state index contributed by atoms with van der Waals surface area (Å²) in [5.41, 5.74) is 0. The van der Waals surface area contributed by atoms with E-state index in [4.69, 9.17) is 10.2 Å². The van der Waals surface area contributed by atoms with Crippen LogP contribution in [0, 0.1) is 0 Å². The maximum absolute atomic E-state index is 8.65. The summed E-state index contributed by atoms with van der Waals surface area (Å²) in [6.07, 6.45) is 6.56. The van der Waals surface area contributed by atoms with E-state index in [2.05, 4.69) is 9.97 Å². The van der Waals surface area contributed by atoms with Crippen LogP contribution in [-0.2, 0) is 0 Å². The lowest BCUT2D eigenvalue weighted by atomic mass is 10.3. The maximum atomic E-state index is 8.65. The molecular formula is C10H10N2O2. The topological polar surface area (TPSA) is 66.2 Å². The molecule has 2 aromatic rings. The highest BCUT2D eigenvalue weighted by Crippen LogP contribution is 2.13. The quantitative estimate of drug-likeness (QED) is 0.619. The van der Waals surface area contributed by atoms with E-state index in [0.29, 0.717) is 0 Å². The van der Waals surface area contributed by atoms with Crippen LogP contribution in [0.5, 0.6) is 11.5 Å². The van der Waals surface area contributed by atoms with E-state index in [1.54, 1.807) is 24.8 Å². The second-order valence-electron chi connectivity index (χ2n) is 2.41. The summed E-state index contributed by atoms with van der Waals surface area (Å²) in [6.45, 7) is 0. The van der Waals surface area contributed by atoms with E-state index in [-0.39, 0.29) is 11.5 Å². The van der Waals surface area contributed by atoms with Crippen molar-refractivity contribution in [3.05, 3.63) is 49.1 Å². The molecule has 0 atom stereocenters. The average molecular weight is 190 g/mol. The summed E-state index contributed by atoms with van der Waals surface area (Å²) in [6, 6.07) is 5.70. The van der Waals surface area contributed by atoms with Crippen LogP contribution in [0.15, 0.2) is 49.1 Å². The molecule has 0 aliphatic heterocycles. The van der Waals surface area contributed by atoms with Crippen LogP contribution in [0.3, 0.4) is 0 Å². The minimum Gasteiger partial charge on any atom is -0.508 e. The van der Waals surface area contributed by atoms with Gasteiger partial charge in [-0.2, -0.15) is 0 Å². The molecule has 0 amide bonds. The van der Waals surface area contributed by atoms with Crippen LogP contribution in [0.4, 0.5) is 0 Å². The highest BCUT2D eigenvalue weighted by Gasteiger charge is 1.84. The van der Waals surface area contributed by atoms with Crippen molar-refractivity contribution in [2.75, 3.05) is 0 Å². The first-order chi connectivity index (χ1) is 6.79. The van der Waals surface area contributed by atoms with Crippen molar-refractivity contribution in [1.29, 1.82) is 0 Å². The van der Waals surface area contributed by atoms with Gasteiger partial charge in [-0.3, -0.25) is 9.97 Å². The van der Waals surface area contributed by atoms with Gasteiger partial charge in [0, 0.05) is 24.8 Å². The molecule has 0 unspecified atom stereocenters. The van der Waals surface area contributed by atoms with E-state index >= 15 is 0 Å². The van der Waals surface area contributed by atoms with Crippen LogP contribution in [0.25, 0.3) is 0 Å². The minimum absolute atomic E-state index is 0.169. The fraction of sp³-hybridized carbons (Fsp3) is 0. The predicted molar refractivity (Wildman–Crippen MR) is 51.8 cm³/mol. The number of nitrogens with zero attached hydrogens (tertiary/aromatic N) is 2. The second-order valence-corrected chi connectivity index (χ2v) is 2.41. The van der Waals surface area contributed by atoms with Crippen molar-refractivity contribution in [2.24, 2.45) is 0 Å². The van der Waals surface area contributed by atoms with Gasteiger partial charge >= 0.3 is 0 Å². The van der Waals surface area contributed by atoms with E-state index in [1.165, 1.54) is 24.3 Å². The van der Waals surface area contributed by atoms with Gasteiger partial charge in [0.05, 0.1) is 0 Å². The molecule has 1 aromatic heterocycles. The molecule has 2 N–H and O–H groups in total. The maximum Gasteiger partial charge on any atom is 0.115 e. The van der Waals surface area contributed by atoms with Gasteiger partial charge in [0.25, 0.3) is 0 Å². The van der Waals surface area contributed by atoms with Crippen molar-refractivity contribution in [2.45, 2.75) is 0 Å². The van der Waals surface area contributed by atoms with Gasteiger partial charge in [-0.15, -0.1) is 0 Å². The van der Waals surface area contributed by atoms with Crippen LogP contribution in [0.1, 0.15) is 0 Å². The molecule has 0 radical (unpaired) electrons. The third kappa shape index (κ3) is 4.06. The summed E-state index contributed by atoms with van der Waals surface area (Å²) in [4.78, 5) is 7.44. The molecule has 2 rings (SSSR count). The van der Waals surface area contributed by atoms with Crippen LogP contribution in [0.2, 0.25) is 0 Å². The first-order valence-corrected chi connectivity index (χ1v) is 3.97. The lowest BCUT2D eigenvalue weighted by Crippen LogP contribution is -1.66. The van der Waals surface area contributed by atoms with Crippen molar-refractivity contribution in [3.63, 3.8) is 0 Å². The lowest BCUT2D eigenvalue weighted by molar-refractivity contribution is 0.460. The Hall–Kier alpha value is -2.10. The molecule has 0 spiro atoms. The van der Waals surface area contributed by atoms with Gasteiger partial charge in [-0.05, 0) is 24.3 Å². The molecule has 0 saturated carbocycles. The number of rotatable bonds is 0. The number of benzene rings is 1. The molecule has 0 bridgehead atoms. The fourth-order valence-electron chi connectivity index (χ4n) is 0.706. The zero-order valence-electron chi connectivity index (χ0n) is 7.41. The zero-order chi connectivity index (χ0) is 10.2. The van der Waals surface area contributed by atoms with E-state index in [9.17, 15) is 0 Å². The highest BCUT2D eigenvalue weighted by molar-refractivity contribution is 5.28. The van der Waals surface area contributed by atoms with Crippen molar-refractivity contribution < 1.29 is 10.2 Å². The third-order valence-electron chi connectivity index (χ3n) is 1.33. The molecule has 0 aliphatic rings. The van der Waals surface area contributed by atoms with E-state index < -0.39 is 0 Å². The second kappa shape index (κ2) is 5.53. The predicted octanol–water partition coefficient (Wildman–Crippen LogP) is 1.57. The largest absolute Gasteiger partial charge is 0.508 e. The molecule has 0 aliphatic carbocycles. The Morgan fingerprint density at radius 2 is 0.929 bits per heavy atom. The molecule has 1 aromatic carbocycles. The number of hydrogen-bond acceptors (Lipinski definition) is 4. The van der Waals surface area contributed by atoms with Gasteiger partial charge in [-0.25, -0.2) is 0 Å². The van der Waals surface area contributed by atoms with Gasteiger partial charge in [0.2, 0.25) is 0 Å². The molecule has 4 heteroatoms. The highest BCUT2D eigenvalue weighted by atomic mass is 16.3. The summed E-state index contributed by atoms with van der Waals surface area (Å²) in [5, 5.41) is 17.3. The molecule has 1 heterocycles. The Balaban J connectivity index is 0.000000146. The average Bonchev–Trinajstić information content (AvgIpc) is 2.26. The van der Waals surface area contributed by atoms with Gasteiger partial charge in [0.1, 0.15) is 11.5 Å². The van der Waals surface area contributed by atoms with Crippen LogP contribution in [-0.4, -0.2) is 20.2 Å². The summed E-state index contributed by atoms with van der Waals surface area (Å²) in [7, 11) is 0. The Bertz CT molecular complexity index is 301. The molecule has 72 valence electrons. The summed E-state index contributed by atoms with van der Waals surface area (Å²) in [5.74, 6) is 0.339.